The molecule has 6 nitrogen and oxygen atoms in total. The summed E-state index contributed by atoms with van der Waals surface area (Å²) in [5.74, 6) is 1.46. The van der Waals surface area contributed by atoms with Gasteiger partial charge < -0.3 is 19.5 Å². The summed E-state index contributed by atoms with van der Waals surface area (Å²) in [4.78, 5) is 26.4. The molecule has 0 unspecified atom stereocenters. The molecule has 1 N–H and O–H groups in total. The molecule has 3 heterocycles. The molecule has 0 bridgehead atoms. The first kappa shape index (κ1) is 16.6. The largest absolute Gasteiger partial charge is 0.371 e. The monoisotopic (exact) mass is 345 g/mol. The highest BCUT2D eigenvalue weighted by Crippen LogP contribution is 2.43. The van der Waals surface area contributed by atoms with Crippen molar-refractivity contribution in [2.75, 3.05) is 26.2 Å². The lowest BCUT2D eigenvalue weighted by Gasteiger charge is -2.53. The smallest absolute Gasteiger partial charge is 0.267 e. The van der Waals surface area contributed by atoms with Crippen LogP contribution in [0.4, 0.5) is 0 Å². The fourth-order valence-electron chi connectivity index (χ4n) is 4.06. The Hall–Kier alpha value is -1.82. The highest BCUT2D eigenvalue weighted by atomic mass is 16.5. The van der Waals surface area contributed by atoms with E-state index < -0.39 is 0 Å². The van der Waals surface area contributed by atoms with Crippen molar-refractivity contribution in [3.63, 3.8) is 0 Å². The molecule has 1 aromatic rings. The standard InChI is InChI=1S/C19H27N3O3/c1-13-8-15(13)18(24)22-11-19(12-22)6-5-14(10-25-19)9-20-17(23)16-4-3-7-21(16)2/h3-4,7,13-15H,5-6,8-12H2,1-2H3,(H,20,23)/t13-,14-,15+/m1/s1. The third-order valence-corrected chi connectivity index (χ3v) is 6.06. The van der Waals surface area contributed by atoms with Crippen LogP contribution in [0.5, 0.6) is 0 Å². The molecule has 0 aromatic carbocycles. The van der Waals surface area contributed by atoms with Gasteiger partial charge in [-0.3, -0.25) is 9.59 Å². The summed E-state index contributed by atoms with van der Waals surface area (Å²) in [5, 5.41) is 3.01. The fraction of sp³-hybridized carbons (Fsp3) is 0.684. The fourth-order valence-corrected chi connectivity index (χ4v) is 4.06. The van der Waals surface area contributed by atoms with E-state index in [0.717, 1.165) is 32.4 Å². The van der Waals surface area contributed by atoms with E-state index in [1.165, 1.54) is 0 Å². The Balaban J connectivity index is 1.20. The van der Waals surface area contributed by atoms with Crippen LogP contribution in [-0.4, -0.2) is 53.1 Å². The molecule has 1 spiro atoms. The second-order valence-corrected chi connectivity index (χ2v) is 8.13. The molecule has 136 valence electrons. The Bertz CT molecular complexity index is 667. The van der Waals surface area contributed by atoms with Crippen LogP contribution in [0.2, 0.25) is 0 Å². The number of likely N-dealkylation sites (tertiary alicyclic amines) is 1. The molecule has 3 aliphatic rings. The van der Waals surface area contributed by atoms with Crippen molar-refractivity contribution in [1.29, 1.82) is 0 Å². The summed E-state index contributed by atoms with van der Waals surface area (Å²) in [6.07, 6.45) is 4.93. The zero-order valence-electron chi connectivity index (χ0n) is 15.0. The van der Waals surface area contributed by atoms with Gasteiger partial charge in [-0.1, -0.05) is 6.92 Å². The average molecular weight is 345 g/mol. The second-order valence-electron chi connectivity index (χ2n) is 8.13. The van der Waals surface area contributed by atoms with Crippen LogP contribution in [0.15, 0.2) is 18.3 Å². The molecule has 25 heavy (non-hydrogen) atoms. The Morgan fingerprint density at radius 1 is 1.40 bits per heavy atom. The first-order valence-corrected chi connectivity index (χ1v) is 9.30. The van der Waals surface area contributed by atoms with Crippen LogP contribution in [0.3, 0.4) is 0 Å². The Labute approximate surface area is 148 Å². The zero-order chi connectivity index (χ0) is 17.6. The average Bonchev–Trinajstić information content (AvgIpc) is 3.15. The summed E-state index contributed by atoms with van der Waals surface area (Å²) in [7, 11) is 1.87. The van der Waals surface area contributed by atoms with Crippen LogP contribution < -0.4 is 5.32 Å². The SMILES string of the molecule is C[C@@H]1C[C@@H]1C(=O)N1CC2(CC[C@H](CNC(=O)c3cccn3C)CO2)C1. The molecule has 1 saturated carbocycles. The molecular formula is C19H27N3O3. The number of carbonyl (C=O) groups is 2. The van der Waals surface area contributed by atoms with Crippen LogP contribution in [0, 0.1) is 17.8 Å². The minimum absolute atomic E-state index is 0.0354. The molecule has 2 aliphatic heterocycles. The van der Waals surface area contributed by atoms with Gasteiger partial charge in [-0.25, -0.2) is 0 Å². The van der Waals surface area contributed by atoms with Gasteiger partial charge in [0.1, 0.15) is 11.3 Å². The number of ether oxygens (including phenoxy) is 1. The van der Waals surface area contributed by atoms with E-state index in [0.29, 0.717) is 36.6 Å². The van der Waals surface area contributed by atoms with Gasteiger partial charge in [0.15, 0.2) is 0 Å². The molecule has 0 radical (unpaired) electrons. The van der Waals surface area contributed by atoms with E-state index in [-0.39, 0.29) is 17.4 Å². The predicted octanol–water partition coefficient (Wildman–Crippen LogP) is 1.42. The quantitative estimate of drug-likeness (QED) is 0.898. The lowest BCUT2D eigenvalue weighted by atomic mass is 9.82. The summed E-state index contributed by atoms with van der Waals surface area (Å²) in [5.41, 5.74) is 0.558. The minimum Gasteiger partial charge on any atom is -0.371 e. The number of nitrogens with zero attached hydrogens (tertiary/aromatic N) is 2. The summed E-state index contributed by atoms with van der Waals surface area (Å²) in [6, 6.07) is 3.69. The third-order valence-electron chi connectivity index (χ3n) is 6.06. The molecule has 6 heteroatoms. The third kappa shape index (κ3) is 3.19. The molecule has 1 aliphatic carbocycles. The van der Waals surface area contributed by atoms with Crippen LogP contribution in [-0.2, 0) is 16.6 Å². The van der Waals surface area contributed by atoms with Gasteiger partial charge >= 0.3 is 0 Å². The van der Waals surface area contributed by atoms with Crippen LogP contribution >= 0.6 is 0 Å². The van der Waals surface area contributed by atoms with E-state index in [2.05, 4.69) is 12.2 Å². The lowest BCUT2D eigenvalue weighted by Crippen LogP contribution is -2.66. The topological polar surface area (TPSA) is 63.6 Å². The van der Waals surface area contributed by atoms with Gasteiger partial charge in [-0.15, -0.1) is 0 Å². The van der Waals surface area contributed by atoms with Gasteiger partial charge in [-0.05, 0) is 43.2 Å². The second kappa shape index (κ2) is 6.16. The highest BCUT2D eigenvalue weighted by Gasteiger charge is 2.52. The molecular weight excluding hydrogens is 318 g/mol. The number of aryl methyl sites for hydroxylation is 1. The molecule has 3 fully saturated rings. The van der Waals surface area contributed by atoms with Crippen molar-refractivity contribution < 1.29 is 14.3 Å². The maximum absolute atomic E-state index is 12.2. The summed E-state index contributed by atoms with van der Waals surface area (Å²) in [6.45, 7) is 4.94. The van der Waals surface area contributed by atoms with E-state index in [9.17, 15) is 9.59 Å². The van der Waals surface area contributed by atoms with Crippen molar-refractivity contribution in [2.24, 2.45) is 24.8 Å². The van der Waals surface area contributed by atoms with Crippen molar-refractivity contribution in [1.82, 2.24) is 14.8 Å². The maximum Gasteiger partial charge on any atom is 0.267 e. The molecule has 4 rings (SSSR count). The summed E-state index contributed by atoms with van der Waals surface area (Å²) < 4.78 is 7.94. The van der Waals surface area contributed by atoms with Crippen molar-refractivity contribution in [3.8, 4) is 0 Å². The van der Waals surface area contributed by atoms with Gasteiger partial charge in [-0.2, -0.15) is 0 Å². The van der Waals surface area contributed by atoms with Crippen LogP contribution in [0.1, 0.15) is 36.7 Å². The number of nitrogens with one attached hydrogen (secondary N) is 1. The normalized spacial score (nSPS) is 30.0. The number of aromatic nitrogens is 1. The number of hydrogen-bond acceptors (Lipinski definition) is 3. The first-order valence-electron chi connectivity index (χ1n) is 9.30. The molecule has 3 atom stereocenters. The maximum atomic E-state index is 12.2. The number of hydrogen-bond donors (Lipinski definition) is 1. The highest BCUT2D eigenvalue weighted by molar-refractivity contribution is 5.92. The molecule has 1 aromatic heterocycles. The van der Waals surface area contributed by atoms with Gasteiger partial charge in [0.25, 0.3) is 5.91 Å². The van der Waals surface area contributed by atoms with Crippen molar-refractivity contribution >= 4 is 11.8 Å². The molecule has 2 saturated heterocycles. The Morgan fingerprint density at radius 3 is 2.72 bits per heavy atom. The van der Waals surface area contributed by atoms with E-state index in [4.69, 9.17) is 4.74 Å². The van der Waals surface area contributed by atoms with Gasteiger partial charge in [0, 0.05) is 25.7 Å². The zero-order valence-corrected chi connectivity index (χ0v) is 15.0. The Kier molecular flexibility index (Phi) is 4.10. The number of rotatable bonds is 4. The van der Waals surface area contributed by atoms with Crippen molar-refractivity contribution in [3.05, 3.63) is 24.0 Å². The number of amides is 2. The van der Waals surface area contributed by atoms with E-state index >= 15 is 0 Å². The van der Waals surface area contributed by atoms with E-state index in [1.54, 1.807) is 0 Å². The first-order chi connectivity index (χ1) is 12.0. The predicted molar refractivity (Wildman–Crippen MR) is 93.0 cm³/mol. The van der Waals surface area contributed by atoms with Crippen LogP contribution in [0.25, 0.3) is 0 Å². The van der Waals surface area contributed by atoms with Crippen molar-refractivity contribution in [2.45, 2.75) is 31.8 Å². The lowest BCUT2D eigenvalue weighted by molar-refractivity contribution is -0.189. The minimum atomic E-state index is -0.119. The molecule has 2 amide bonds. The Morgan fingerprint density at radius 2 is 2.16 bits per heavy atom. The van der Waals surface area contributed by atoms with E-state index in [1.807, 2.05) is 34.8 Å². The number of carbonyl (C=O) groups excluding carboxylic acids is 2. The van der Waals surface area contributed by atoms with Gasteiger partial charge in [0.05, 0.1) is 19.7 Å². The van der Waals surface area contributed by atoms with Gasteiger partial charge in [0.2, 0.25) is 5.91 Å². The summed E-state index contributed by atoms with van der Waals surface area (Å²) >= 11 is 0.